The molecule has 0 aliphatic carbocycles. The summed E-state index contributed by atoms with van der Waals surface area (Å²) in [5.74, 6) is -0.379. The molecule has 5 nitrogen and oxygen atoms in total. The molecular formula is C10H20N2O3S. The van der Waals surface area contributed by atoms with E-state index in [-0.39, 0.29) is 11.9 Å². The predicted octanol–water partition coefficient (Wildman–Crippen LogP) is 0.327. The Hall–Kier alpha value is -0.620. The minimum absolute atomic E-state index is 0.263. The number of hydrogen-bond acceptors (Lipinski definition) is 4. The van der Waals surface area contributed by atoms with Crippen molar-refractivity contribution in [2.75, 3.05) is 19.3 Å². The van der Waals surface area contributed by atoms with Crippen LogP contribution in [-0.4, -0.2) is 44.6 Å². The number of likely N-dealkylation sites (tertiary alicyclic amines) is 1. The van der Waals surface area contributed by atoms with E-state index in [9.17, 15) is 13.2 Å². The van der Waals surface area contributed by atoms with Crippen LogP contribution in [0.2, 0.25) is 0 Å². The third kappa shape index (κ3) is 4.09. The van der Waals surface area contributed by atoms with E-state index in [0.717, 1.165) is 45.0 Å². The molecule has 1 amide bonds. The quantitative estimate of drug-likeness (QED) is 0.761. The Bertz CT molecular complexity index is 340. The average Bonchev–Trinajstić information content (AvgIpc) is 2.59. The lowest BCUT2D eigenvalue weighted by molar-refractivity contribution is -0.123. The van der Waals surface area contributed by atoms with E-state index in [0.29, 0.717) is 0 Å². The smallest absolute Gasteiger partial charge is 0.250 e. The summed E-state index contributed by atoms with van der Waals surface area (Å²) in [5.41, 5.74) is 0. The molecule has 1 N–H and O–H groups in total. The van der Waals surface area contributed by atoms with Gasteiger partial charge in [0.05, 0.1) is 12.3 Å². The molecule has 1 aliphatic heterocycles. The van der Waals surface area contributed by atoms with Crippen LogP contribution in [0, 0.1) is 0 Å². The maximum atomic E-state index is 11.7. The number of carbonyl (C=O) groups is 1. The topological polar surface area (TPSA) is 66.5 Å². The normalized spacial score (nSPS) is 22.2. The van der Waals surface area contributed by atoms with Gasteiger partial charge < -0.3 is 0 Å². The van der Waals surface area contributed by atoms with Crippen LogP contribution in [0.15, 0.2) is 0 Å². The van der Waals surface area contributed by atoms with Gasteiger partial charge in [0.15, 0.2) is 0 Å². The van der Waals surface area contributed by atoms with Crippen LogP contribution in [0.4, 0.5) is 0 Å². The minimum Gasteiger partial charge on any atom is -0.292 e. The van der Waals surface area contributed by atoms with Crippen LogP contribution in [0.25, 0.3) is 0 Å². The molecule has 1 saturated heterocycles. The number of nitrogens with zero attached hydrogens (tertiary/aromatic N) is 1. The highest BCUT2D eigenvalue weighted by Crippen LogP contribution is 2.17. The second-order valence-electron chi connectivity index (χ2n) is 4.29. The van der Waals surface area contributed by atoms with Crippen LogP contribution in [-0.2, 0) is 14.8 Å². The summed E-state index contributed by atoms with van der Waals surface area (Å²) in [6, 6.07) is -0.263. The molecule has 16 heavy (non-hydrogen) atoms. The van der Waals surface area contributed by atoms with Gasteiger partial charge in [0, 0.05) is 0 Å². The summed E-state index contributed by atoms with van der Waals surface area (Å²) in [7, 11) is -3.43. The molecule has 94 valence electrons. The molecule has 1 atom stereocenters. The number of sulfonamides is 1. The van der Waals surface area contributed by atoms with Crippen LogP contribution >= 0.6 is 0 Å². The van der Waals surface area contributed by atoms with Crippen molar-refractivity contribution in [2.24, 2.45) is 0 Å². The van der Waals surface area contributed by atoms with Crippen molar-refractivity contribution >= 4 is 15.9 Å². The third-order valence-corrected chi connectivity index (χ3v) is 3.32. The van der Waals surface area contributed by atoms with E-state index in [2.05, 4.69) is 16.5 Å². The van der Waals surface area contributed by atoms with Gasteiger partial charge in [-0.15, -0.1) is 0 Å². The number of nitrogens with one attached hydrogen (secondary N) is 1. The second-order valence-corrected chi connectivity index (χ2v) is 6.03. The SMILES string of the molecule is CCCCN1CCC[C@H]1C(=O)NS(C)(=O)=O. The van der Waals surface area contributed by atoms with Gasteiger partial charge in [-0.05, 0) is 32.4 Å². The summed E-state index contributed by atoms with van der Waals surface area (Å²) in [5, 5.41) is 0. The van der Waals surface area contributed by atoms with Crippen molar-refractivity contribution in [1.29, 1.82) is 0 Å². The van der Waals surface area contributed by atoms with Gasteiger partial charge in [-0.1, -0.05) is 13.3 Å². The van der Waals surface area contributed by atoms with Gasteiger partial charge in [0.1, 0.15) is 0 Å². The predicted molar refractivity (Wildman–Crippen MR) is 62.5 cm³/mol. The minimum atomic E-state index is -3.43. The molecule has 0 unspecified atom stereocenters. The van der Waals surface area contributed by atoms with E-state index in [4.69, 9.17) is 0 Å². The first-order valence-electron chi connectivity index (χ1n) is 5.69. The van der Waals surface area contributed by atoms with Crippen molar-refractivity contribution < 1.29 is 13.2 Å². The summed E-state index contributed by atoms with van der Waals surface area (Å²) in [4.78, 5) is 13.8. The zero-order valence-electron chi connectivity index (χ0n) is 9.90. The molecule has 0 radical (unpaired) electrons. The van der Waals surface area contributed by atoms with Crippen molar-refractivity contribution in [2.45, 2.75) is 38.6 Å². The van der Waals surface area contributed by atoms with E-state index >= 15 is 0 Å². The lowest BCUT2D eigenvalue weighted by Gasteiger charge is -2.22. The molecule has 0 aromatic heterocycles. The number of hydrogen-bond donors (Lipinski definition) is 1. The average molecular weight is 248 g/mol. The molecular weight excluding hydrogens is 228 g/mol. The van der Waals surface area contributed by atoms with Crippen molar-refractivity contribution in [3.63, 3.8) is 0 Å². The summed E-state index contributed by atoms with van der Waals surface area (Å²) in [6.45, 7) is 3.86. The Kier molecular flexibility index (Phi) is 4.73. The fourth-order valence-corrected chi connectivity index (χ4v) is 2.50. The molecule has 6 heteroatoms. The molecule has 1 rings (SSSR count). The Morgan fingerprint density at radius 3 is 2.75 bits per heavy atom. The van der Waals surface area contributed by atoms with Gasteiger partial charge in [-0.2, -0.15) is 0 Å². The lowest BCUT2D eigenvalue weighted by Crippen LogP contribution is -2.45. The van der Waals surface area contributed by atoms with Crippen LogP contribution < -0.4 is 4.72 Å². The molecule has 0 bridgehead atoms. The van der Waals surface area contributed by atoms with Crippen molar-refractivity contribution in [1.82, 2.24) is 9.62 Å². The van der Waals surface area contributed by atoms with Crippen molar-refractivity contribution in [3.8, 4) is 0 Å². The Morgan fingerprint density at radius 1 is 1.50 bits per heavy atom. The first kappa shape index (κ1) is 13.4. The fourth-order valence-electron chi connectivity index (χ4n) is 2.00. The standard InChI is InChI=1S/C10H20N2O3S/c1-3-4-7-12-8-5-6-9(12)10(13)11-16(2,14)15/h9H,3-8H2,1-2H3,(H,11,13)/t9-/m0/s1. The Balaban J connectivity index is 2.54. The van der Waals surface area contributed by atoms with Gasteiger partial charge in [0.2, 0.25) is 10.0 Å². The van der Waals surface area contributed by atoms with Crippen molar-refractivity contribution in [3.05, 3.63) is 0 Å². The zero-order chi connectivity index (χ0) is 12.2. The molecule has 1 heterocycles. The van der Waals surface area contributed by atoms with Gasteiger partial charge in [0.25, 0.3) is 5.91 Å². The first-order valence-corrected chi connectivity index (χ1v) is 7.59. The van der Waals surface area contributed by atoms with Gasteiger partial charge >= 0.3 is 0 Å². The highest BCUT2D eigenvalue weighted by Gasteiger charge is 2.31. The first-order chi connectivity index (χ1) is 7.44. The molecule has 0 aromatic rings. The molecule has 0 saturated carbocycles. The van der Waals surface area contributed by atoms with Crippen LogP contribution in [0.1, 0.15) is 32.6 Å². The summed E-state index contributed by atoms with van der Waals surface area (Å²) < 4.78 is 24.0. The third-order valence-electron chi connectivity index (χ3n) is 2.75. The van der Waals surface area contributed by atoms with E-state index < -0.39 is 10.0 Å². The maximum Gasteiger partial charge on any atom is 0.250 e. The second kappa shape index (κ2) is 5.63. The Morgan fingerprint density at radius 2 is 2.19 bits per heavy atom. The number of unbranched alkanes of at least 4 members (excludes halogenated alkanes) is 1. The largest absolute Gasteiger partial charge is 0.292 e. The monoisotopic (exact) mass is 248 g/mol. The fraction of sp³-hybridized carbons (Fsp3) is 0.900. The lowest BCUT2D eigenvalue weighted by atomic mass is 10.2. The van der Waals surface area contributed by atoms with Crippen LogP contribution in [0.3, 0.4) is 0 Å². The highest BCUT2D eigenvalue weighted by molar-refractivity contribution is 7.89. The number of rotatable bonds is 5. The van der Waals surface area contributed by atoms with E-state index in [1.54, 1.807) is 0 Å². The molecule has 1 fully saturated rings. The highest BCUT2D eigenvalue weighted by atomic mass is 32.2. The van der Waals surface area contributed by atoms with E-state index in [1.165, 1.54) is 0 Å². The van der Waals surface area contributed by atoms with E-state index in [1.807, 2.05) is 0 Å². The zero-order valence-corrected chi connectivity index (χ0v) is 10.7. The van der Waals surface area contributed by atoms with Crippen LogP contribution in [0.5, 0.6) is 0 Å². The summed E-state index contributed by atoms with van der Waals surface area (Å²) >= 11 is 0. The molecule has 1 aliphatic rings. The summed E-state index contributed by atoms with van der Waals surface area (Å²) in [6.07, 6.45) is 4.85. The number of amides is 1. The molecule has 0 spiro atoms. The number of carbonyl (C=O) groups excluding carboxylic acids is 1. The van der Waals surface area contributed by atoms with Gasteiger partial charge in [-0.3, -0.25) is 14.4 Å². The molecule has 0 aromatic carbocycles. The maximum absolute atomic E-state index is 11.7. The Labute approximate surface area is 97.2 Å². The van der Waals surface area contributed by atoms with Gasteiger partial charge in [-0.25, -0.2) is 8.42 Å².